The molecule has 3 saturated heterocycles. The van der Waals surface area contributed by atoms with E-state index in [0.29, 0.717) is 17.9 Å². The first-order valence-electron chi connectivity index (χ1n) is 12.3. The molecule has 3 aliphatic carbocycles. The molecular formula is C25H39NO4. The van der Waals surface area contributed by atoms with Gasteiger partial charge < -0.3 is 19.3 Å². The number of hydrogen-bond donors (Lipinski definition) is 1. The quantitative estimate of drug-likeness (QED) is 0.697. The van der Waals surface area contributed by atoms with E-state index in [0.717, 1.165) is 58.3 Å². The van der Waals surface area contributed by atoms with Crippen LogP contribution in [0.3, 0.4) is 0 Å². The fourth-order valence-corrected chi connectivity index (χ4v) is 7.91. The van der Waals surface area contributed by atoms with Gasteiger partial charge in [0.2, 0.25) is 0 Å². The first-order chi connectivity index (χ1) is 14.2. The van der Waals surface area contributed by atoms with Gasteiger partial charge in [-0.3, -0.25) is 4.90 Å². The van der Waals surface area contributed by atoms with Crippen LogP contribution in [0.4, 0.5) is 0 Å². The summed E-state index contributed by atoms with van der Waals surface area (Å²) >= 11 is 0. The summed E-state index contributed by atoms with van der Waals surface area (Å²) < 4.78 is 19.6. The second kappa shape index (κ2) is 6.54. The Kier molecular flexibility index (Phi) is 4.40. The zero-order valence-corrected chi connectivity index (χ0v) is 19.2. The largest absolute Gasteiger partial charge is 0.389 e. The van der Waals surface area contributed by atoms with Crippen molar-refractivity contribution in [2.75, 3.05) is 26.2 Å². The van der Waals surface area contributed by atoms with Crippen LogP contribution in [0.25, 0.3) is 0 Å². The Morgan fingerprint density at radius 2 is 1.93 bits per heavy atom. The van der Waals surface area contributed by atoms with Gasteiger partial charge in [-0.1, -0.05) is 26.3 Å². The van der Waals surface area contributed by atoms with E-state index in [-0.39, 0.29) is 29.3 Å². The molecule has 5 fully saturated rings. The molecule has 2 bridgehead atoms. The molecule has 1 unspecified atom stereocenters. The lowest BCUT2D eigenvalue weighted by Crippen LogP contribution is -2.65. The van der Waals surface area contributed by atoms with Crippen molar-refractivity contribution < 1.29 is 19.3 Å². The summed E-state index contributed by atoms with van der Waals surface area (Å²) in [5.74, 6) is 0.976. The molecule has 30 heavy (non-hydrogen) atoms. The molecule has 3 aliphatic heterocycles. The maximum absolute atomic E-state index is 12.1. The van der Waals surface area contributed by atoms with Gasteiger partial charge in [-0.2, -0.15) is 0 Å². The lowest BCUT2D eigenvalue weighted by Gasteiger charge is -2.62. The van der Waals surface area contributed by atoms with Crippen molar-refractivity contribution in [3.05, 3.63) is 11.1 Å². The van der Waals surface area contributed by atoms with E-state index in [1.54, 1.807) is 0 Å². The third-order valence-corrected chi connectivity index (χ3v) is 10.2. The van der Waals surface area contributed by atoms with E-state index in [1.165, 1.54) is 17.6 Å². The third kappa shape index (κ3) is 2.59. The molecule has 0 amide bonds. The zero-order chi connectivity index (χ0) is 20.9. The highest BCUT2D eigenvalue weighted by molar-refractivity contribution is 5.35. The molecule has 2 saturated carbocycles. The molecule has 0 aromatic carbocycles. The summed E-state index contributed by atoms with van der Waals surface area (Å²) in [6.45, 7) is 13.3. The highest BCUT2D eigenvalue weighted by Crippen LogP contribution is 2.64. The van der Waals surface area contributed by atoms with Crippen LogP contribution >= 0.6 is 0 Å². The van der Waals surface area contributed by atoms with E-state index in [4.69, 9.17) is 14.2 Å². The minimum absolute atomic E-state index is 0.0205. The molecule has 8 atom stereocenters. The summed E-state index contributed by atoms with van der Waals surface area (Å²) in [6.07, 6.45) is 6.44. The fourth-order valence-electron chi connectivity index (χ4n) is 7.91. The number of allylic oxidation sites excluding steroid dienone is 1. The lowest BCUT2D eigenvalue weighted by atomic mass is 9.47. The van der Waals surface area contributed by atoms with Crippen LogP contribution in [0.1, 0.15) is 66.2 Å². The molecule has 5 nitrogen and oxygen atoms in total. The van der Waals surface area contributed by atoms with E-state index < -0.39 is 5.60 Å². The molecule has 0 radical (unpaired) electrons. The van der Waals surface area contributed by atoms with Gasteiger partial charge in [0.25, 0.3) is 0 Å². The maximum atomic E-state index is 12.1. The molecule has 168 valence electrons. The predicted molar refractivity (Wildman–Crippen MR) is 114 cm³/mol. The number of fused-ring (bicyclic) bond motifs is 8. The van der Waals surface area contributed by atoms with Gasteiger partial charge in [0.1, 0.15) is 6.10 Å². The molecule has 0 aromatic heterocycles. The predicted octanol–water partition coefficient (Wildman–Crippen LogP) is 3.50. The first kappa shape index (κ1) is 20.2. The number of aliphatic hydroxyl groups is 1. The summed E-state index contributed by atoms with van der Waals surface area (Å²) in [6, 6.07) is 0. The lowest BCUT2D eigenvalue weighted by molar-refractivity contribution is -0.235. The second-order valence-corrected chi connectivity index (χ2v) is 11.9. The molecule has 6 rings (SSSR count). The Balaban J connectivity index is 1.44. The number of nitrogens with zero attached hydrogens (tertiary/aromatic N) is 1. The first-order valence-corrected chi connectivity index (χ1v) is 12.3. The topological polar surface area (TPSA) is 51.2 Å². The molecule has 0 spiro atoms. The molecular weight excluding hydrogens is 378 g/mol. The monoisotopic (exact) mass is 417 g/mol. The van der Waals surface area contributed by atoms with Crippen molar-refractivity contribution in [1.29, 1.82) is 0 Å². The van der Waals surface area contributed by atoms with Crippen molar-refractivity contribution in [2.24, 2.45) is 22.7 Å². The van der Waals surface area contributed by atoms with Crippen LogP contribution in [-0.4, -0.2) is 66.5 Å². The van der Waals surface area contributed by atoms with Gasteiger partial charge in [0, 0.05) is 23.3 Å². The van der Waals surface area contributed by atoms with Crippen molar-refractivity contribution in [2.45, 2.75) is 96.4 Å². The molecule has 3 heterocycles. The minimum atomic E-state index is -0.685. The molecule has 5 heteroatoms. The fraction of sp³-hybridized carbons (Fsp3) is 0.920. The van der Waals surface area contributed by atoms with E-state index in [2.05, 4.69) is 32.6 Å². The van der Waals surface area contributed by atoms with Crippen molar-refractivity contribution >= 4 is 0 Å². The minimum Gasteiger partial charge on any atom is -0.389 e. The zero-order valence-electron chi connectivity index (χ0n) is 19.2. The normalized spacial score (nSPS) is 52.3. The van der Waals surface area contributed by atoms with Gasteiger partial charge in [-0.05, 0) is 70.0 Å². The van der Waals surface area contributed by atoms with E-state index in [1.807, 2.05) is 0 Å². The number of rotatable bonds is 2. The van der Waals surface area contributed by atoms with Crippen LogP contribution < -0.4 is 0 Å². The Labute approximate surface area is 181 Å². The molecule has 0 aromatic rings. The van der Waals surface area contributed by atoms with E-state index >= 15 is 0 Å². The Morgan fingerprint density at radius 1 is 1.13 bits per heavy atom. The van der Waals surface area contributed by atoms with Gasteiger partial charge in [-0.15, -0.1) is 0 Å². The summed E-state index contributed by atoms with van der Waals surface area (Å²) in [5.41, 5.74) is 1.78. The van der Waals surface area contributed by atoms with Crippen LogP contribution in [-0.2, 0) is 14.2 Å². The maximum Gasteiger partial charge on any atom is 0.171 e. The molecule has 6 aliphatic rings. The average Bonchev–Trinajstić information content (AvgIpc) is 3.03. The van der Waals surface area contributed by atoms with Crippen molar-refractivity contribution in [3.63, 3.8) is 0 Å². The van der Waals surface area contributed by atoms with Crippen molar-refractivity contribution in [3.8, 4) is 0 Å². The van der Waals surface area contributed by atoms with Gasteiger partial charge >= 0.3 is 0 Å². The van der Waals surface area contributed by atoms with Gasteiger partial charge in [0.05, 0.1) is 24.4 Å². The standard InChI is InChI=1S/C25H39NO4/c1-15-6-9-25(27)12-17-16-14-28-18(16)7-8-24(17,4)22-21(20(15)23(25,2)3)29-19(30-22)13-26-10-5-11-26/h16-19,21-22,27H,5-14H2,1-4H3/t16-,17?,18+,19+,21+,22+,24+,25+/m0/s1. The van der Waals surface area contributed by atoms with Crippen LogP contribution in [0.5, 0.6) is 0 Å². The van der Waals surface area contributed by atoms with Crippen molar-refractivity contribution in [1.82, 2.24) is 4.90 Å². The number of ether oxygens (including phenoxy) is 3. The second-order valence-electron chi connectivity index (χ2n) is 11.9. The van der Waals surface area contributed by atoms with Crippen LogP contribution in [0.15, 0.2) is 11.1 Å². The van der Waals surface area contributed by atoms with Crippen LogP contribution in [0.2, 0.25) is 0 Å². The molecule has 1 N–H and O–H groups in total. The van der Waals surface area contributed by atoms with Gasteiger partial charge in [-0.25, -0.2) is 0 Å². The smallest absolute Gasteiger partial charge is 0.171 e. The number of likely N-dealkylation sites (tertiary alicyclic amines) is 1. The summed E-state index contributed by atoms with van der Waals surface area (Å²) in [7, 11) is 0. The third-order valence-electron chi connectivity index (χ3n) is 10.2. The van der Waals surface area contributed by atoms with Crippen LogP contribution in [0, 0.1) is 22.7 Å². The van der Waals surface area contributed by atoms with Gasteiger partial charge in [0.15, 0.2) is 6.29 Å². The summed E-state index contributed by atoms with van der Waals surface area (Å²) in [4.78, 5) is 2.45. The Bertz CT molecular complexity index is 760. The SMILES string of the molecule is CC1=C2[C@H]3O[C@@H](CN4CCC4)O[C@H]3[C@]3(C)CC[C@H]4OC[C@H]4C3C[C@](O)(CC1)C2(C)C. The number of hydrogen-bond acceptors (Lipinski definition) is 5. The van der Waals surface area contributed by atoms with E-state index in [9.17, 15) is 5.11 Å². The average molecular weight is 418 g/mol. The summed E-state index contributed by atoms with van der Waals surface area (Å²) in [5, 5.41) is 12.1. The highest BCUT2D eigenvalue weighted by atomic mass is 16.7. The Morgan fingerprint density at radius 3 is 2.60 bits per heavy atom. The Hall–Kier alpha value is -0.460. The highest BCUT2D eigenvalue weighted by Gasteiger charge is 2.66.